The molecule has 0 aromatic heterocycles. The fraction of sp³-hybridized carbons (Fsp3) is 0.400. The second-order valence-electron chi connectivity index (χ2n) is 3.02. The number of rotatable bonds is 4. The summed E-state index contributed by atoms with van der Waals surface area (Å²) in [4.78, 5) is 0. The van der Waals surface area contributed by atoms with Gasteiger partial charge < -0.3 is 5.32 Å². The minimum absolute atomic E-state index is 0.0324. The van der Waals surface area contributed by atoms with Crippen LogP contribution in [0.2, 0.25) is 0 Å². The topological polar surface area (TPSA) is 12.0 Å². The van der Waals surface area contributed by atoms with Crippen molar-refractivity contribution in [1.82, 2.24) is 5.32 Å². The van der Waals surface area contributed by atoms with Crippen LogP contribution < -0.4 is 5.32 Å². The third kappa shape index (κ3) is 2.97. The molecule has 0 bridgehead atoms. The Labute approximate surface area is 97.6 Å². The SMILES string of the molecule is CNC(CCS)c1cc(Br)ccc1F. The summed E-state index contributed by atoms with van der Waals surface area (Å²) in [6, 6.07) is 5.01. The van der Waals surface area contributed by atoms with Crippen LogP contribution in [0.25, 0.3) is 0 Å². The third-order valence-electron chi connectivity index (χ3n) is 2.10. The molecule has 0 aliphatic carbocycles. The van der Waals surface area contributed by atoms with Gasteiger partial charge in [0.15, 0.2) is 0 Å². The van der Waals surface area contributed by atoms with Crippen LogP contribution in [0.5, 0.6) is 0 Å². The molecule has 1 nitrogen and oxygen atoms in total. The Morgan fingerprint density at radius 1 is 1.57 bits per heavy atom. The van der Waals surface area contributed by atoms with Crippen molar-refractivity contribution in [3.63, 3.8) is 0 Å². The standard InChI is InChI=1S/C10H13BrFNS/c1-13-10(4-5-14)8-6-7(11)2-3-9(8)12/h2-3,6,10,13-14H,4-5H2,1H3. The summed E-state index contributed by atoms with van der Waals surface area (Å²) >= 11 is 7.48. The Bertz CT molecular complexity index is 306. The average Bonchev–Trinajstić information content (AvgIpc) is 2.18. The number of nitrogens with one attached hydrogen (secondary N) is 1. The van der Waals surface area contributed by atoms with Gasteiger partial charge in [0.05, 0.1) is 0 Å². The Hall–Kier alpha value is -0.0600. The van der Waals surface area contributed by atoms with E-state index in [2.05, 4.69) is 33.9 Å². The Morgan fingerprint density at radius 2 is 2.29 bits per heavy atom. The summed E-state index contributed by atoms with van der Waals surface area (Å²) < 4.78 is 14.3. The zero-order valence-corrected chi connectivity index (χ0v) is 10.4. The molecule has 0 amide bonds. The highest BCUT2D eigenvalue weighted by atomic mass is 79.9. The Morgan fingerprint density at radius 3 is 2.86 bits per heavy atom. The fourth-order valence-electron chi connectivity index (χ4n) is 1.37. The molecule has 1 rings (SSSR count). The lowest BCUT2D eigenvalue weighted by Gasteiger charge is -2.16. The molecule has 0 heterocycles. The maximum absolute atomic E-state index is 13.4. The molecule has 1 aromatic rings. The van der Waals surface area contributed by atoms with Gasteiger partial charge in [0, 0.05) is 16.1 Å². The lowest BCUT2D eigenvalue weighted by Crippen LogP contribution is -2.18. The van der Waals surface area contributed by atoms with E-state index in [1.807, 2.05) is 7.05 Å². The largest absolute Gasteiger partial charge is 0.313 e. The zero-order chi connectivity index (χ0) is 10.6. The van der Waals surface area contributed by atoms with Crippen LogP contribution >= 0.6 is 28.6 Å². The molecule has 1 unspecified atom stereocenters. The van der Waals surface area contributed by atoms with Crippen molar-refractivity contribution in [2.75, 3.05) is 12.8 Å². The summed E-state index contributed by atoms with van der Waals surface area (Å²) in [5, 5.41) is 3.08. The number of thiol groups is 1. The van der Waals surface area contributed by atoms with E-state index in [-0.39, 0.29) is 11.9 Å². The molecule has 1 aromatic carbocycles. The van der Waals surface area contributed by atoms with Gasteiger partial charge in [-0.2, -0.15) is 12.6 Å². The van der Waals surface area contributed by atoms with Crippen LogP contribution in [0, 0.1) is 5.82 Å². The normalized spacial score (nSPS) is 12.9. The average molecular weight is 278 g/mol. The summed E-state index contributed by atoms with van der Waals surface area (Å²) in [6.07, 6.45) is 0.812. The lowest BCUT2D eigenvalue weighted by atomic mass is 10.0. The number of hydrogen-bond acceptors (Lipinski definition) is 2. The molecule has 0 radical (unpaired) electrons. The minimum atomic E-state index is -0.172. The van der Waals surface area contributed by atoms with Gasteiger partial charge in [-0.25, -0.2) is 4.39 Å². The van der Waals surface area contributed by atoms with Crippen molar-refractivity contribution in [3.8, 4) is 0 Å². The molecule has 14 heavy (non-hydrogen) atoms. The van der Waals surface area contributed by atoms with Gasteiger partial charge in [0.2, 0.25) is 0 Å². The smallest absolute Gasteiger partial charge is 0.128 e. The molecule has 0 saturated carbocycles. The predicted molar refractivity (Wildman–Crippen MR) is 64.4 cm³/mol. The first-order valence-electron chi connectivity index (χ1n) is 4.42. The van der Waals surface area contributed by atoms with Crippen LogP contribution in [-0.2, 0) is 0 Å². The fourth-order valence-corrected chi connectivity index (χ4v) is 2.00. The second-order valence-corrected chi connectivity index (χ2v) is 4.38. The number of halogens is 2. The Kier molecular flexibility index (Phi) is 4.92. The zero-order valence-electron chi connectivity index (χ0n) is 7.93. The maximum atomic E-state index is 13.4. The predicted octanol–water partition coefficient (Wildman–Crippen LogP) is 3.17. The van der Waals surface area contributed by atoms with Gasteiger partial charge in [-0.1, -0.05) is 15.9 Å². The van der Waals surface area contributed by atoms with Crippen molar-refractivity contribution in [3.05, 3.63) is 34.1 Å². The monoisotopic (exact) mass is 277 g/mol. The van der Waals surface area contributed by atoms with E-state index >= 15 is 0 Å². The van der Waals surface area contributed by atoms with E-state index in [1.165, 1.54) is 6.07 Å². The molecule has 4 heteroatoms. The molecule has 0 fully saturated rings. The van der Waals surface area contributed by atoms with Crippen LogP contribution in [-0.4, -0.2) is 12.8 Å². The van der Waals surface area contributed by atoms with Crippen molar-refractivity contribution in [1.29, 1.82) is 0 Å². The summed E-state index contributed by atoms with van der Waals surface area (Å²) in [5.41, 5.74) is 0.691. The minimum Gasteiger partial charge on any atom is -0.313 e. The van der Waals surface area contributed by atoms with Gasteiger partial charge in [0.25, 0.3) is 0 Å². The first-order chi connectivity index (χ1) is 6.69. The Balaban J connectivity index is 2.96. The quantitative estimate of drug-likeness (QED) is 0.806. The molecule has 0 saturated heterocycles. The molecular weight excluding hydrogens is 265 g/mol. The van der Waals surface area contributed by atoms with E-state index < -0.39 is 0 Å². The highest BCUT2D eigenvalue weighted by Gasteiger charge is 2.13. The van der Waals surface area contributed by atoms with Crippen molar-refractivity contribution < 1.29 is 4.39 Å². The van der Waals surface area contributed by atoms with Crippen molar-refractivity contribution >= 4 is 28.6 Å². The first kappa shape index (κ1) is 12.0. The summed E-state index contributed by atoms with van der Waals surface area (Å²) in [6.45, 7) is 0. The molecular formula is C10H13BrFNS. The molecule has 78 valence electrons. The summed E-state index contributed by atoms with van der Waals surface area (Å²) in [5.74, 6) is 0.562. The van der Waals surface area contributed by atoms with Crippen LogP contribution in [0.1, 0.15) is 18.0 Å². The van der Waals surface area contributed by atoms with Crippen molar-refractivity contribution in [2.24, 2.45) is 0 Å². The molecule has 1 N–H and O–H groups in total. The molecule has 0 aliphatic heterocycles. The number of benzene rings is 1. The van der Waals surface area contributed by atoms with E-state index in [9.17, 15) is 4.39 Å². The van der Waals surface area contributed by atoms with Crippen LogP contribution in [0.4, 0.5) is 4.39 Å². The highest BCUT2D eigenvalue weighted by molar-refractivity contribution is 9.10. The van der Waals surface area contributed by atoms with Crippen molar-refractivity contribution in [2.45, 2.75) is 12.5 Å². The van der Waals surface area contributed by atoms with Crippen LogP contribution in [0.15, 0.2) is 22.7 Å². The molecule has 0 aliphatic rings. The first-order valence-corrected chi connectivity index (χ1v) is 5.84. The van der Waals surface area contributed by atoms with Gasteiger partial charge >= 0.3 is 0 Å². The van der Waals surface area contributed by atoms with Gasteiger partial charge in [-0.3, -0.25) is 0 Å². The van der Waals surface area contributed by atoms with E-state index in [0.29, 0.717) is 5.56 Å². The maximum Gasteiger partial charge on any atom is 0.128 e. The second kappa shape index (κ2) is 5.73. The van der Waals surface area contributed by atoms with Gasteiger partial charge in [-0.05, 0) is 37.4 Å². The van der Waals surface area contributed by atoms with Crippen LogP contribution in [0.3, 0.4) is 0 Å². The summed E-state index contributed by atoms with van der Waals surface area (Å²) in [7, 11) is 1.83. The highest BCUT2D eigenvalue weighted by Crippen LogP contribution is 2.23. The van der Waals surface area contributed by atoms with Gasteiger partial charge in [0.1, 0.15) is 5.82 Å². The lowest BCUT2D eigenvalue weighted by molar-refractivity contribution is 0.528. The molecule has 1 atom stereocenters. The van der Waals surface area contributed by atoms with E-state index in [1.54, 1.807) is 12.1 Å². The number of hydrogen-bond donors (Lipinski definition) is 2. The van der Waals surface area contributed by atoms with E-state index in [4.69, 9.17) is 0 Å². The molecule has 0 spiro atoms. The van der Waals surface area contributed by atoms with Gasteiger partial charge in [-0.15, -0.1) is 0 Å². The third-order valence-corrected chi connectivity index (χ3v) is 2.85. The van der Waals surface area contributed by atoms with E-state index in [0.717, 1.165) is 16.6 Å².